The number of benzene rings is 2. The SMILES string of the molecule is Cc1ccc(-c2c(-c3c(F)cc(F)cc3F)c(C)nc(=O)n2C)cc1. The normalized spacial score (nSPS) is 11.0. The summed E-state index contributed by atoms with van der Waals surface area (Å²) in [5.74, 6) is -3.10. The van der Waals surface area contributed by atoms with Gasteiger partial charge in [0.25, 0.3) is 0 Å². The minimum absolute atomic E-state index is 0.126. The van der Waals surface area contributed by atoms with Crippen molar-refractivity contribution >= 4 is 0 Å². The first-order chi connectivity index (χ1) is 11.8. The molecule has 0 aliphatic rings. The predicted octanol–water partition coefficient (Wildman–Crippen LogP) is 4.15. The van der Waals surface area contributed by atoms with E-state index in [9.17, 15) is 18.0 Å². The van der Waals surface area contributed by atoms with Gasteiger partial charge < -0.3 is 0 Å². The van der Waals surface area contributed by atoms with Crippen LogP contribution in [0.1, 0.15) is 11.3 Å². The Balaban J connectivity index is 2.44. The Kier molecular flexibility index (Phi) is 4.20. The highest BCUT2D eigenvalue weighted by Gasteiger charge is 2.23. The van der Waals surface area contributed by atoms with E-state index < -0.39 is 28.7 Å². The molecule has 0 bridgehead atoms. The molecule has 2 aromatic carbocycles. The maximum atomic E-state index is 14.4. The molecule has 3 rings (SSSR count). The molecular weight excluding hydrogens is 329 g/mol. The summed E-state index contributed by atoms with van der Waals surface area (Å²) >= 11 is 0. The Labute approximate surface area is 142 Å². The van der Waals surface area contributed by atoms with Crippen molar-refractivity contribution in [2.75, 3.05) is 0 Å². The zero-order valence-corrected chi connectivity index (χ0v) is 13.9. The zero-order chi connectivity index (χ0) is 18.3. The van der Waals surface area contributed by atoms with E-state index in [0.29, 0.717) is 23.4 Å². The maximum absolute atomic E-state index is 14.4. The van der Waals surface area contributed by atoms with Crippen LogP contribution in [0.15, 0.2) is 41.2 Å². The van der Waals surface area contributed by atoms with Gasteiger partial charge in [-0.15, -0.1) is 0 Å². The molecule has 0 unspecified atom stereocenters. The van der Waals surface area contributed by atoms with Crippen LogP contribution in [0.2, 0.25) is 0 Å². The Hall–Kier alpha value is -2.89. The molecule has 3 aromatic rings. The second kappa shape index (κ2) is 6.20. The van der Waals surface area contributed by atoms with E-state index in [-0.39, 0.29) is 11.3 Å². The number of rotatable bonds is 2. The smallest absolute Gasteiger partial charge is 0.294 e. The Morgan fingerprint density at radius 1 is 0.920 bits per heavy atom. The predicted molar refractivity (Wildman–Crippen MR) is 89.7 cm³/mol. The standard InChI is InChI=1S/C19H15F3N2O/c1-10-4-6-12(7-5-10)18-16(11(2)23-19(25)24(18)3)17-14(21)8-13(20)9-15(17)22/h4-9H,1-3H3. The fourth-order valence-corrected chi connectivity index (χ4v) is 2.84. The third-order valence-corrected chi connectivity index (χ3v) is 4.07. The quantitative estimate of drug-likeness (QED) is 0.700. The summed E-state index contributed by atoms with van der Waals surface area (Å²) in [5.41, 5.74) is 1.28. The van der Waals surface area contributed by atoms with Crippen molar-refractivity contribution in [2.24, 2.45) is 7.05 Å². The molecule has 0 spiro atoms. The molecule has 0 fully saturated rings. The maximum Gasteiger partial charge on any atom is 0.348 e. The Morgan fingerprint density at radius 2 is 1.48 bits per heavy atom. The van der Waals surface area contributed by atoms with Gasteiger partial charge in [-0.1, -0.05) is 29.8 Å². The highest BCUT2D eigenvalue weighted by molar-refractivity contribution is 5.83. The van der Waals surface area contributed by atoms with Crippen LogP contribution in [0, 0.1) is 31.3 Å². The molecule has 0 saturated heterocycles. The van der Waals surface area contributed by atoms with Crippen molar-refractivity contribution in [3.05, 3.63) is 75.6 Å². The van der Waals surface area contributed by atoms with Crippen molar-refractivity contribution < 1.29 is 13.2 Å². The number of halogens is 3. The number of nitrogens with zero attached hydrogens (tertiary/aromatic N) is 2. The summed E-state index contributed by atoms with van der Waals surface area (Å²) in [5, 5.41) is 0. The lowest BCUT2D eigenvalue weighted by Crippen LogP contribution is -2.24. The fourth-order valence-electron chi connectivity index (χ4n) is 2.84. The third-order valence-electron chi connectivity index (χ3n) is 4.07. The van der Waals surface area contributed by atoms with Crippen LogP contribution < -0.4 is 5.69 Å². The highest BCUT2D eigenvalue weighted by atomic mass is 19.1. The molecule has 0 atom stereocenters. The molecular formula is C19H15F3N2O. The van der Waals surface area contributed by atoms with Crippen LogP contribution in [0.25, 0.3) is 22.4 Å². The molecule has 25 heavy (non-hydrogen) atoms. The molecule has 6 heteroatoms. The first-order valence-corrected chi connectivity index (χ1v) is 7.59. The Morgan fingerprint density at radius 3 is 2.04 bits per heavy atom. The summed E-state index contributed by atoms with van der Waals surface area (Å²) in [6, 6.07) is 8.40. The van der Waals surface area contributed by atoms with Gasteiger partial charge in [-0.3, -0.25) is 4.57 Å². The molecule has 128 valence electrons. The first-order valence-electron chi connectivity index (χ1n) is 7.59. The molecule has 0 N–H and O–H groups in total. The van der Waals surface area contributed by atoms with Crippen LogP contribution in [-0.2, 0) is 7.05 Å². The van der Waals surface area contributed by atoms with Crippen molar-refractivity contribution in [1.82, 2.24) is 9.55 Å². The van der Waals surface area contributed by atoms with Gasteiger partial charge in [0.05, 0.1) is 17.0 Å². The second-order valence-corrected chi connectivity index (χ2v) is 5.87. The van der Waals surface area contributed by atoms with Gasteiger partial charge in [0, 0.05) is 24.7 Å². The lowest BCUT2D eigenvalue weighted by molar-refractivity contribution is 0.547. The minimum atomic E-state index is -1.05. The van der Waals surface area contributed by atoms with Gasteiger partial charge in [-0.25, -0.2) is 18.0 Å². The minimum Gasteiger partial charge on any atom is -0.294 e. The molecule has 0 radical (unpaired) electrons. The summed E-state index contributed by atoms with van der Waals surface area (Å²) in [7, 11) is 1.48. The summed E-state index contributed by atoms with van der Waals surface area (Å²) < 4.78 is 43.3. The van der Waals surface area contributed by atoms with Crippen LogP contribution in [0.4, 0.5) is 13.2 Å². The Bertz CT molecular complexity index is 1000. The van der Waals surface area contributed by atoms with E-state index in [0.717, 1.165) is 5.56 Å². The summed E-state index contributed by atoms with van der Waals surface area (Å²) in [6.45, 7) is 3.40. The third kappa shape index (κ3) is 2.95. The molecule has 0 aliphatic carbocycles. The van der Waals surface area contributed by atoms with Gasteiger partial charge in [0.1, 0.15) is 17.5 Å². The van der Waals surface area contributed by atoms with Gasteiger partial charge in [-0.2, -0.15) is 4.98 Å². The monoisotopic (exact) mass is 344 g/mol. The lowest BCUT2D eigenvalue weighted by atomic mass is 9.96. The molecule has 1 heterocycles. The lowest BCUT2D eigenvalue weighted by Gasteiger charge is -2.17. The number of hydrogen-bond acceptors (Lipinski definition) is 2. The van der Waals surface area contributed by atoms with Gasteiger partial charge in [0.15, 0.2) is 0 Å². The van der Waals surface area contributed by atoms with Gasteiger partial charge in [0.2, 0.25) is 0 Å². The topological polar surface area (TPSA) is 34.9 Å². The first kappa shape index (κ1) is 17.0. The fraction of sp³-hybridized carbons (Fsp3) is 0.158. The largest absolute Gasteiger partial charge is 0.348 e. The number of aromatic nitrogens is 2. The average Bonchev–Trinajstić information content (AvgIpc) is 2.52. The van der Waals surface area contributed by atoms with Crippen molar-refractivity contribution in [3.8, 4) is 22.4 Å². The molecule has 0 amide bonds. The van der Waals surface area contributed by atoms with Gasteiger partial charge in [-0.05, 0) is 19.4 Å². The molecule has 3 nitrogen and oxygen atoms in total. The summed E-state index contributed by atoms with van der Waals surface area (Å²) in [6.07, 6.45) is 0. The number of hydrogen-bond donors (Lipinski definition) is 0. The van der Waals surface area contributed by atoms with E-state index in [1.807, 2.05) is 19.1 Å². The van der Waals surface area contributed by atoms with E-state index in [1.54, 1.807) is 12.1 Å². The van der Waals surface area contributed by atoms with Crippen molar-refractivity contribution in [2.45, 2.75) is 13.8 Å². The second-order valence-electron chi connectivity index (χ2n) is 5.87. The van der Waals surface area contributed by atoms with Gasteiger partial charge >= 0.3 is 5.69 Å². The van der Waals surface area contributed by atoms with Crippen LogP contribution in [0.3, 0.4) is 0 Å². The highest BCUT2D eigenvalue weighted by Crippen LogP contribution is 2.36. The average molecular weight is 344 g/mol. The number of aryl methyl sites for hydroxylation is 2. The van der Waals surface area contributed by atoms with E-state index in [2.05, 4.69) is 4.98 Å². The van der Waals surface area contributed by atoms with Crippen molar-refractivity contribution in [1.29, 1.82) is 0 Å². The molecule has 0 aliphatic heterocycles. The van der Waals surface area contributed by atoms with E-state index in [1.165, 1.54) is 18.5 Å². The van der Waals surface area contributed by atoms with Crippen LogP contribution in [0.5, 0.6) is 0 Å². The van der Waals surface area contributed by atoms with E-state index >= 15 is 0 Å². The van der Waals surface area contributed by atoms with Crippen molar-refractivity contribution in [3.63, 3.8) is 0 Å². The zero-order valence-electron chi connectivity index (χ0n) is 13.9. The van der Waals surface area contributed by atoms with Crippen LogP contribution in [-0.4, -0.2) is 9.55 Å². The molecule has 0 saturated carbocycles. The summed E-state index contributed by atoms with van der Waals surface area (Å²) in [4.78, 5) is 16.0. The van der Waals surface area contributed by atoms with E-state index in [4.69, 9.17) is 0 Å². The van der Waals surface area contributed by atoms with Crippen LogP contribution >= 0.6 is 0 Å². The molecule has 1 aromatic heterocycles.